The number of rotatable bonds is 6. The van der Waals surface area contributed by atoms with Crippen molar-refractivity contribution in [3.63, 3.8) is 0 Å². The Bertz CT molecular complexity index is 1080. The first kappa shape index (κ1) is 20.2. The number of hydrogen-bond donors (Lipinski definition) is 2. The van der Waals surface area contributed by atoms with Crippen LogP contribution in [0.3, 0.4) is 0 Å². The van der Waals surface area contributed by atoms with Gasteiger partial charge in [-0.3, -0.25) is 0 Å². The monoisotopic (exact) mass is 417 g/mol. The molecule has 0 spiro atoms. The molecule has 0 radical (unpaired) electrons. The standard InChI is InChI=1S/C20H17ClFN3O4/c1-11-14(3-2-4-16(11)23)19(24)25-29-20(26)18-8-6-13(28-18)10-27-17-7-5-12(22)9-15(17)21/h2-9H,10,23H2,1H3,(H2,24,25). The number of oxime groups is 1. The molecule has 1 aromatic heterocycles. The van der Waals surface area contributed by atoms with Gasteiger partial charge >= 0.3 is 5.97 Å². The molecular weight excluding hydrogens is 401 g/mol. The van der Waals surface area contributed by atoms with Gasteiger partial charge in [-0.05, 0) is 48.9 Å². The minimum Gasteiger partial charge on any atom is -0.484 e. The van der Waals surface area contributed by atoms with E-state index in [9.17, 15) is 9.18 Å². The van der Waals surface area contributed by atoms with Crippen molar-refractivity contribution in [1.82, 2.24) is 0 Å². The molecule has 9 heteroatoms. The SMILES string of the molecule is Cc1c(N)cccc1/C(N)=N/OC(=O)c1ccc(COc2ccc(F)cc2Cl)o1. The second-order valence-corrected chi connectivity index (χ2v) is 6.41. The van der Waals surface area contributed by atoms with Gasteiger partial charge in [0.05, 0.1) is 5.02 Å². The van der Waals surface area contributed by atoms with E-state index in [1.165, 1.54) is 24.3 Å². The van der Waals surface area contributed by atoms with Crippen LogP contribution >= 0.6 is 11.6 Å². The molecule has 7 nitrogen and oxygen atoms in total. The van der Waals surface area contributed by atoms with E-state index in [0.29, 0.717) is 17.0 Å². The Kier molecular flexibility index (Phi) is 6.04. The van der Waals surface area contributed by atoms with Crippen LogP contribution in [0.15, 0.2) is 58.1 Å². The molecular formula is C20H17ClFN3O4. The molecule has 150 valence electrons. The van der Waals surface area contributed by atoms with Crippen LogP contribution in [0.1, 0.15) is 27.4 Å². The maximum Gasteiger partial charge on any atom is 0.400 e. The van der Waals surface area contributed by atoms with Gasteiger partial charge in [0.2, 0.25) is 5.76 Å². The molecule has 0 aliphatic heterocycles. The molecule has 3 aromatic rings. The normalized spacial score (nSPS) is 11.3. The number of carbonyl (C=O) groups is 1. The number of ether oxygens (including phenoxy) is 1. The van der Waals surface area contributed by atoms with Crippen molar-refractivity contribution >= 4 is 29.1 Å². The summed E-state index contributed by atoms with van der Waals surface area (Å²) >= 11 is 5.89. The fourth-order valence-corrected chi connectivity index (χ4v) is 2.64. The molecule has 0 aliphatic carbocycles. The predicted molar refractivity (Wildman–Crippen MR) is 106 cm³/mol. The minimum absolute atomic E-state index is 0.00390. The predicted octanol–water partition coefficient (Wildman–Crippen LogP) is 4.02. The lowest BCUT2D eigenvalue weighted by Crippen LogP contribution is -2.17. The third-order valence-corrected chi connectivity index (χ3v) is 4.30. The number of benzene rings is 2. The van der Waals surface area contributed by atoms with Gasteiger partial charge in [-0.15, -0.1) is 0 Å². The molecule has 0 unspecified atom stereocenters. The highest BCUT2D eigenvalue weighted by Gasteiger charge is 2.15. The van der Waals surface area contributed by atoms with Crippen molar-refractivity contribution in [3.05, 3.63) is 82.0 Å². The van der Waals surface area contributed by atoms with E-state index in [4.69, 9.17) is 37.1 Å². The third-order valence-electron chi connectivity index (χ3n) is 4.01. The first-order valence-corrected chi connectivity index (χ1v) is 8.80. The number of hydrogen-bond acceptors (Lipinski definition) is 6. The molecule has 3 rings (SSSR count). The Balaban J connectivity index is 1.62. The highest BCUT2D eigenvalue weighted by molar-refractivity contribution is 6.32. The zero-order valence-corrected chi connectivity index (χ0v) is 16.1. The van der Waals surface area contributed by atoms with Gasteiger partial charge in [-0.2, -0.15) is 0 Å². The van der Waals surface area contributed by atoms with Gasteiger partial charge in [-0.25, -0.2) is 9.18 Å². The lowest BCUT2D eigenvalue weighted by Gasteiger charge is -2.07. The van der Waals surface area contributed by atoms with Crippen LogP contribution in [-0.2, 0) is 11.4 Å². The lowest BCUT2D eigenvalue weighted by atomic mass is 10.1. The number of anilines is 1. The lowest BCUT2D eigenvalue weighted by molar-refractivity contribution is 0.0475. The Morgan fingerprint density at radius 3 is 2.79 bits per heavy atom. The summed E-state index contributed by atoms with van der Waals surface area (Å²) in [6, 6.07) is 11.8. The van der Waals surface area contributed by atoms with E-state index < -0.39 is 11.8 Å². The third kappa shape index (κ3) is 4.85. The van der Waals surface area contributed by atoms with Gasteiger partial charge in [0.15, 0.2) is 5.84 Å². The molecule has 2 aromatic carbocycles. The minimum atomic E-state index is -0.833. The van der Waals surface area contributed by atoms with E-state index in [1.807, 2.05) is 0 Å². The molecule has 0 saturated carbocycles. The van der Waals surface area contributed by atoms with E-state index in [-0.39, 0.29) is 29.0 Å². The summed E-state index contributed by atoms with van der Waals surface area (Å²) in [5, 5.41) is 3.76. The molecule has 1 heterocycles. The summed E-state index contributed by atoms with van der Waals surface area (Å²) in [6.07, 6.45) is 0. The van der Waals surface area contributed by atoms with Gasteiger partial charge in [0, 0.05) is 11.3 Å². The number of nitrogens with two attached hydrogens (primary N) is 2. The van der Waals surface area contributed by atoms with E-state index >= 15 is 0 Å². The Labute approximate surface area is 170 Å². The van der Waals surface area contributed by atoms with E-state index in [0.717, 1.165) is 11.6 Å². The smallest absolute Gasteiger partial charge is 0.400 e. The highest BCUT2D eigenvalue weighted by atomic mass is 35.5. The van der Waals surface area contributed by atoms with Gasteiger partial charge in [0.25, 0.3) is 0 Å². The number of nitrogens with zero attached hydrogens (tertiary/aromatic N) is 1. The second-order valence-electron chi connectivity index (χ2n) is 6.00. The fraction of sp³-hybridized carbons (Fsp3) is 0.100. The van der Waals surface area contributed by atoms with Gasteiger partial charge < -0.3 is 25.5 Å². The van der Waals surface area contributed by atoms with Crippen LogP contribution in [0.5, 0.6) is 5.75 Å². The van der Waals surface area contributed by atoms with E-state index in [2.05, 4.69) is 5.16 Å². The van der Waals surface area contributed by atoms with Crippen LogP contribution in [0.25, 0.3) is 0 Å². The molecule has 29 heavy (non-hydrogen) atoms. The number of furan rings is 1. The van der Waals surface area contributed by atoms with Crippen molar-refractivity contribution in [1.29, 1.82) is 0 Å². The molecule has 0 saturated heterocycles. The van der Waals surface area contributed by atoms with Crippen molar-refractivity contribution < 1.29 is 23.2 Å². The van der Waals surface area contributed by atoms with Crippen LogP contribution in [0, 0.1) is 12.7 Å². The zero-order chi connectivity index (χ0) is 21.0. The fourth-order valence-electron chi connectivity index (χ4n) is 2.42. The first-order valence-electron chi connectivity index (χ1n) is 8.42. The molecule has 0 amide bonds. The van der Waals surface area contributed by atoms with Crippen molar-refractivity contribution in [2.45, 2.75) is 13.5 Å². The Morgan fingerprint density at radius 1 is 1.24 bits per heavy atom. The summed E-state index contributed by atoms with van der Waals surface area (Å²) in [4.78, 5) is 16.9. The van der Waals surface area contributed by atoms with Gasteiger partial charge in [0.1, 0.15) is 23.9 Å². The molecule has 4 N–H and O–H groups in total. The highest BCUT2D eigenvalue weighted by Crippen LogP contribution is 2.26. The number of halogens is 2. The average Bonchev–Trinajstić information content (AvgIpc) is 3.16. The van der Waals surface area contributed by atoms with Crippen molar-refractivity contribution in [2.24, 2.45) is 10.9 Å². The largest absolute Gasteiger partial charge is 0.484 e. The van der Waals surface area contributed by atoms with Crippen LogP contribution < -0.4 is 16.2 Å². The second kappa shape index (κ2) is 8.66. The maximum atomic E-state index is 13.0. The number of nitrogen functional groups attached to an aromatic ring is 1. The summed E-state index contributed by atoms with van der Waals surface area (Å²) in [5.41, 5.74) is 13.5. The van der Waals surface area contributed by atoms with Crippen molar-refractivity contribution in [2.75, 3.05) is 5.73 Å². The summed E-state index contributed by atoms with van der Waals surface area (Å²) in [7, 11) is 0. The molecule has 0 aliphatic rings. The molecule has 0 bridgehead atoms. The summed E-state index contributed by atoms with van der Waals surface area (Å²) in [5.74, 6) is -0.775. The quantitative estimate of drug-likeness (QED) is 0.206. The summed E-state index contributed by atoms with van der Waals surface area (Å²) in [6.45, 7) is 1.76. The topological polar surface area (TPSA) is 113 Å². The van der Waals surface area contributed by atoms with Crippen LogP contribution in [0.4, 0.5) is 10.1 Å². The Hall–Kier alpha value is -3.52. The average molecular weight is 418 g/mol. The van der Waals surface area contributed by atoms with Crippen LogP contribution in [0.2, 0.25) is 5.02 Å². The Morgan fingerprint density at radius 2 is 2.03 bits per heavy atom. The van der Waals surface area contributed by atoms with Gasteiger partial charge in [-0.1, -0.05) is 28.9 Å². The molecule has 0 atom stereocenters. The molecule has 0 fully saturated rings. The first-order chi connectivity index (χ1) is 13.8. The van der Waals surface area contributed by atoms with Crippen molar-refractivity contribution in [3.8, 4) is 5.75 Å². The van der Waals surface area contributed by atoms with E-state index in [1.54, 1.807) is 25.1 Å². The van der Waals surface area contributed by atoms with Crippen LogP contribution in [-0.4, -0.2) is 11.8 Å². The maximum absolute atomic E-state index is 13.0. The summed E-state index contributed by atoms with van der Waals surface area (Å²) < 4.78 is 23.9. The zero-order valence-electron chi connectivity index (χ0n) is 15.3. The number of carbonyl (C=O) groups excluding carboxylic acids is 1. The number of amidine groups is 1.